The van der Waals surface area contributed by atoms with E-state index < -0.39 is 0 Å². The van der Waals surface area contributed by atoms with E-state index in [4.69, 9.17) is 10.00 Å². The van der Waals surface area contributed by atoms with Gasteiger partial charge >= 0.3 is 0 Å². The van der Waals surface area contributed by atoms with Crippen LogP contribution in [0.3, 0.4) is 0 Å². The minimum atomic E-state index is 0.606. The highest BCUT2D eigenvalue weighted by atomic mass is 16.5. The lowest BCUT2D eigenvalue weighted by Crippen LogP contribution is -2.05. The Balaban J connectivity index is 2.15. The average molecular weight is 266 g/mol. The van der Waals surface area contributed by atoms with E-state index in [0.717, 1.165) is 17.8 Å². The number of hydrogen-bond acceptors (Lipinski definition) is 3. The summed E-state index contributed by atoms with van der Waals surface area (Å²) in [5.74, 6) is 0. The van der Waals surface area contributed by atoms with Gasteiger partial charge in [0.25, 0.3) is 0 Å². The van der Waals surface area contributed by atoms with E-state index in [1.54, 1.807) is 7.11 Å². The summed E-state index contributed by atoms with van der Waals surface area (Å²) in [5.41, 5.74) is 5.18. The number of anilines is 1. The highest BCUT2D eigenvalue weighted by Gasteiger charge is 2.03. The standard InChI is InChI=1S/C17H18N2O/c1-13-7-8-14(10-18)9-17(13)19-11-15-5-3-4-6-16(15)12-20-2/h3-9,19H,11-12H2,1-2H3. The summed E-state index contributed by atoms with van der Waals surface area (Å²) in [6.45, 7) is 3.36. The first-order valence-electron chi connectivity index (χ1n) is 6.55. The van der Waals surface area contributed by atoms with Crippen LogP contribution in [0.2, 0.25) is 0 Å². The van der Waals surface area contributed by atoms with E-state index in [0.29, 0.717) is 12.2 Å². The average Bonchev–Trinajstić information content (AvgIpc) is 2.48. The van der Waals surface area contributed by atoms with Crippen LogP contribution < -0.4 is 5.32 Å². The van der Waals surface area contributed by atoms with Gasteiger partial charge in [-0.2, -0.15) is 5.26 Å². The zero-order chi connectivity index (χ0) is 14.4. The van der Waals surface area contributed by atoms with Crippen LogP contribution in [-0.2, 0) is 17.9 Å². The van der Waals surface area contributed by atoms with Crippen molar-refractivity contribution in [3.8, 4) is 6.07 Å². The Morgan fingerprint density at radius 3 is 2.60 bits per heavy atom. The summed E-state index contributed by atoms with van der Waals surface area (Å²) < 4.78 is 5.21. The van der Waals surface area contributed by atoms with Crippen molar-refractivity contribution >= 4 is 5.69 Å². The third-order valence-electron chi connectivity index (χ3n) is 3.25. The van der Waals surface area contributed by atoms with Crippen LogP contribution in [0.15, 0.2) is 42.5 Å². The van der Waals surface area contributed by atoms with Gasteiger partial charge in [0, 0.05) is 19.3 Å². The highest BCUT2D eigenvalue weighted by Crippen LogP contribution is 2.18. The number of nitrogens with zero attached hydrogens (tertiary/aromatic N) is 1. The quantitative estimate of drug-likeness (QED) is 0.899. The van der Waals surface area contributed by atoms with Gasteiger partial charge in [0.15, 0.2) is 0 Å². The second kappa shape index (κ2) is 6.74. The van der Waals surface area contributed by atoms with Crippen molar-refractivity contribution in [2.45, 2.75) is 20.1 Å². The summed E-state index contributed by atoms with van der Waals surface area (Å²) in [4.78, 5) is 0. The molecule has 0 fully saturated rings. The van der Waals surface area contributed by atoms with Gasteiger partial charge in [-0.1, -0.05) is 30.3 Å². The van der Waals surface area contributed by atoms with Gasteiger partial charge < -0.3 is 10.1 Å². The lowest BCUT2D eigenvalue weighted by Gasteiger charge is -2.13. The van der Waals surface area contributed by atoms with E-state index in [1.807, 2.05) is 37.3 Å². The minimum absolute atomic E-state index is 0.606. The molecule has 102 valence electrons. The van der Waals surface area contributed by atoms with Crippen LogP contribution in [0.5, 0.6) is 0 Å². The molecule has 0 aromatic heterocycles. The van der Waals surface area contributed by atoms with Gasteiger partial charge in [-0.15, -0.1) is 0 Å². The number of ether oxygens (including phenoxy) is 1. The second-order valence-electron chi connectivity index (χ2n) is 4.70. The number of rotatable bonds is 5. The molecule has 0 saturated heterocycles. The van der Waals surface area contributed by atoms with E-state index in [2.05, 4.69) is 23.5 Å². The largest absolute Gasteiger partial charge is 0.381 e. The molecule has 0 radical (unpaired) electrons. The summed E-state index contributed by atoms with van der Waals surface area (Å²) in [6, 6.07) is 16.0. The van der Waals surface area contributed by atoms with Crippen LogP contribution in [0.4, 0.5) is 5.69 Å². The topological polar surface area (TPSA) is 45.0 Å². The molecule has 3 heteroatoms. The van der Waals surface area contributed by atoms with Crippen molar-refractivity contribution in [2.75, 3.05) is 12.4 Å². The zero-order valence-electron chi connectivity index (χ0n) is 11.8. The first-order valence-corrected chi connectivity index (χ1v) is 6.55. The fourth-order valence-corrected chi connectivity index (χ4v) is 2.10. The SMILES string of the molecule is COCc1ccccc1CNc1cc(C#N)ccc1C. The maximum atomic E-state index is 8.96. The molecule has 0 spiro atoms. The third-order valence-corrected chi connectivity index (χ3v) is 3.25. The van der Waals surface area contributed by atoms with Crippen molar-refractivity contribution in [1.82, 2.24) is 0 Å². The van der Waals surface area contributed by atoms with Crippen molar-refractivity contribution < 1.29 is 4.74 Å². The fourth-order valence-electron chi connectivity index (χ4n) is 2.10. The van der Waals surface area contributed by atoms with Crippen molar-refractivity contribution in [2.24, 2.45) is 0 Å². The van der Waals surface area contributed by atoms with Crippen molar-refractivity contribution in [3.63, 3.8) is 0 Å². The molecule has 20 heavy (non-hydrogen) atoms. The molecule has 0 atom stereocenters. The predicted molar refractivity (Wildman–Crippen MR) is 80.4 cm³/mol. The Morgan fingerprint density at radius 1 is 1.15 bits per heavy atom. The van der Waals surface area contributed by atoms with E-state index >= 15 is 0 Å². The fraction of sp³-hybridized carbons (Fsp3) is 0.235. The molecule has 0 heterocycles. The highest BCUT2D eigenvalue weighted by molar-refractivity contribution is 5.55. The van der Waals surface area contributed by atoms with E-state index in [1.165, 1.54) is 11.1 Å². The monoisotopic (exact) mass is 266 g/mol. The van der Waals surface area contributed by atoms with Gasteiger partial charge in [0.2, 0.25) is 0 Å². The Morgan fingerprint density at radius 2 is 1.90 bits per heavy atom. The summed E-state index contributed by atoms with van der Waals surface area (Å²) in [7, 11) is 1.70. The van der Waals surface area contributed by atoms with Gasteiger partial charge in [0.05, 0.1) is 18.2 Å². The molecule has 0 unspecified atom stereocenters. The first-order chi connectivity index (χ1) is 9.74. The second-order valence-corrected chi connectivity index (χ2v) is 4.70. The van der Waals surface area contributed by atoms with Crippen LogP contribution in [0.25, 0.3) is 0 Å². The number of aryl methyl sites for hydroxylation is 1. The van der Waals surface area contributed by atoms with Crippen LogP contribution in [0.1, 0.15) is 22.3 Å². The molecule has 0 aliphatic heterocycles. The Labute approximate surface area is 119 Å². The van der Waals surface area contributed by atoms with E-state index in [9.17, 15) is 0 Å². The molecular weight excluding hydrogens is 248 g/mol. The normalized spacial score (nSPS) is 10.1. The number of benzene rings is 2. The molecule has 2 aromatic carbocycles. The molecule has 0 bridgehead atoms. The minimum Gasteiger partial charge on any atom is -0.381 e. The molecular formula is C17H18N2O. The molecule has 0 amide bonds. The van der Waals surface area contributed by atoms with Crippen molar-refractivity contribution in [1.29, 1.82) is 5.26 Å². The summed E-state index contributed by atoms with van der Waals surface area (Å²) >= 11 is 0. The molecule has 2 rings (SSSR count). The lowest BCUT2D eigenvalue weighted by atomic mass is 10.1. The molecule has 0 aliphatic rings. The zero-order valence-corrected chi connectivity index (χ0v) is 11.8. The maximum absolute atomic E-state index is 8.96. The lowest BCUT2D eigenvalue weighted by molar-refractivity contribution is 0.184. The smallest absolute Gasteiger partial charge is 0.0992 e. The van der Waals surface area contributed by atoms with Crippen molar-refractivity contribution in [3.05, 3.63) is 64.7 Å². The number of hydrogen-bond donors (Lipinski definition) is 1. The molecule has 0 saturated carbocycles. The van der Waals surface area contributed by atoms with Gasteiger partial charge in [0.1, 0.15) is 0 Å². The number of nitrogens with one attached hydrogen (secondary N) is 1. The molecule has 1 N–H and O–H groups in total. The van der Waals surface area contributed by atoms with Gasteiger partial charge in [-0.25, -0.2) is 0 Å². The summed E-state index contributed by atoms with van der Waals surface area (Å²) in [6.07, 6.45) is 0. The van der Waals surface area contributed by atoms with Crippen LogP contribution in [0, 0.1) is 18.3 Å². The van der Waals surface area contributed by atoms with Gasteiger partial charge in [-0.3, -0.25) is 0 Å². The molecule has 3 nitrogen and oxygen atoms in total. The van der Waals surface area contributed by atoms with Crippen LogP contribution >= 0.6 is 0 Å². The van der Waals surface area contributed by atoms with Gasteiger partial charge in [-0.05, 0) is 35.7 Å². The number of nitriles is 1. The summed E-state index contributed by atoms with van der Waals surface area (Å²) in [5, 5.41) is 12.4. The Kier molecular flexibility index (Phi) is 4.75. The number of methoxy groups -OCH3 is 1. The molecule has 2 aromatic rings. The third kappa shape index (κ3) is 3.37. The molecule has 0 aliphatic carbocycles. The first kappa shape index (κ1) is 14.1. The predicted octanol–water partition coefficient (Wildman–Crippen LogP) is 3.63. The maximum Gasteiger partial charge on any atom is 0.0992 e. The Bertz CT molecular complexity index is 629. The van der Waals surface area contributed by atoms with Crippen LogP contribution in [-0.4, -0.2) is 7.11 Å². The Hall–Kier alpha value is -2.31. The van der Waals surface area contributed by atoms with E-state index in [-0.39, 0.29) is 0 Å².